The van der Waals surface area contributed by atoms with Gasteiger partial charge in [0.05, 0.1) is 23.7 Å². The molecule has 5 nitrogen and oxygen atoms in total. The van der Waals surface area contributed by atoms with E-state index in [2.05, 4.69) is 0 Å². The third kappa shape index (κ3) is 4.25. The van der Waals surface area contributed by atoms with E-state index >= 15 is 0 Å². The third-order valence-electron chi connectivity index (χ3n) is 2.82. The lowest BCUT2D eigenvalue weighted by atomic mass is 10.1. The van der Waals surface area contributed by atoms with E-state index in [9.17, 15) is 14.5 Å². The van der Waals surface area contributed by atoms with Crippen LogP contribution in [0.1, 0.15) is 5.56 Å². The van der Waals surface area contributed by atoms with Gasteiger partial charge in [-0.05, 0) is 24.1 Å². The number of halogens is 1. The summed E-state index contributed by atoms with van der Waals surface area (Å²) in [4.78, 5) is 10.0. The maximum absolute atomic E-state index is 13.3. The molecular formula is C15H14FNO4. The normalized spacial score (nSPS) is 10.4. The molecule has 0 bridgehead atoms. The summed E-state index contributed by atoms with van der Waals surface area (Å²) in [5.74, 6) is -0.140. The van der Waals surface area contributed by atoms with Crippen molar-refractivity contribution in [2.75, 3.05) is 13.7 Å². The largest absolute Gasteiger partial charge is 0.457 e. The van der Waals surface area contributed by atoms with E-state index in [4.69, 9.17) is 9.47 Å². The third-order valence-corrected chi connectivity index (χ3v) is 2.82. The Labute approximate surface area is 121 Å². The Morgan fingerprint density at radius 3 is 2.48 bits per heavy atom. The highest BCUT2D eigenvalue weighted by Gasteiger charge is 2.11. The van der Waals surface area contributed by atoms with Gasteiger partial charge >= 0.3 is 0 Å². The number of methoxy groups -OCH3 is 1. The van der Waals surface area contributed by atoms with Crippen molar-refractivity contribution in [1.29, 1.82) is 0 Å². The van der Waals surface area contributed by atoms with Crippen molar-refractivity contribution in [2.24, 2.45) is 0 Å². The van der Waals surface area contributed by atoms with E-state index in [1.165, 1.54) is 6.07 Å². The summed E-state index contributed by atoms with van der Waals surface area (Å²) in [5.41, 5.74) is 0.733. The average Bonchev–Trinajstić information content (AvgIpc) is 2.46. The second kappa shape index (κ2) is 6.81. The summed E-state index contributed by atoms with van der Waals surface area (Å²) >= 11 is 0. The van der Waals surface area contributed by atoms with Crippen LogP contribution in [0.5, 0.6) is 11.5 Å². The summed E-state index contributed by atoms with van der Waals surface area (Å²) < 4.78 is 23.7. The molecule has 0 N–H and O–H groups in total. The molecule has 0 aliphatic rings. The van der Waals surface area contributed by atoms with E-state index in [-0.39, 0.29) is 11.4 Å². The molecule has 0 atom stereocenters. The van der Waals surface area contributed by atoms with Crippen LogP contribution in [-0.2, 0) is 11.2 Å². The smallest absolute Gasteiger partial charge is 0.276 e. The Morgan fingerprint density at radius 2 is 1.86 bits per heavy atom. The molecular weight excluding hydrogens is 277 g/mol. The van der Waals surface area contributed by atoms with Crippen LogP contribution >= 0.6 is 0 Å². The van der Waals surface area contributed by atoms with Crippen molar-refractivity contribution < 1.29 is 18.8 Å². The first kappa shape index (κ1) is 14.9. The molecule has 0 radical (unpaired) electrons. The minimum absolute atomic E-state index is 0.0892. The lowest BCUT2D eigenvalue weighted by Crippen LogP contribution is -1.94. The van der Waals surface area contributed by atoms with Gasteiger partial charge in [-0.1, -0.05) is 12.1 Å². The van der Waals surface area contributed by atoms with Gasteiger partial charge in [0, 0.05) is 13.2 Å². The number of ether oxygens (including phenoxy) is 2. The molecule has 0 fully saturated rings. The lowest BCUT2D eigenvalue weighted by molar-refractivity contribution is -0.385. The molecule has 0 heterocycles. The van der Waals surface area contributed by atoms with E-state index in [1.54, 1.807) is 19.2 Å². The minimum Gasteiger partial charge on any atom is -0.457 e. The molecule has 2 rings (SSSR count). The van der Waals surface area contributed by atoms with Crippen LogP contribution < -0.4 is 4.74 Å². The van der Waals surface area contributed by atoms with Gasteiger partial charge in [0.25, 0.3) is 5.69 Å². The highest BCUT2D eigenvalue weighted by molar-refractivity contribution is 5.41. The van der Waals surface area contributed by atoms with Gasteiger partial charge in [0.15, 0.2) is 0 Å². The van der Waals surface area contributed by atoms with Crippen LogP contribution in [0.2, 0.25) is 0 Å². The second-order valence-corrected chi connectivity index (χ2v) is 4.39. The number of nitro benzene ring substituents is 1. The number of nitro groups is 1. The van der Waals surface area contributed by atoms with Crippen LogP contribution in [-0.4, -0.2) is 18.6 Å². The Hall–Kier alpha value is -2.47. The molecule has 21 heavy (non-hydrogen) atoms. The number of hydrogen-bond acceptors (Lipinski definition) is 4. The SMILES string of the molecule is COCCc1ccc(Oc2cc(F)cc([N+](=O)[O-])c2)cc1. The molecule has 110 valence electrons. The molecule has 2 aromatic carbocycles. The second-order valence-electron chi connectivity index (χ2n) is 4.39. The Balaban J connectivity index is 2.12. The number of rotatable bonds is 6. The number of benzene rings is 2. The molecule has 0 aliphatic carbocycles. The topological polar surface area (TPSA) is 61.6 Å². The monoisotopic (exact) mass is 291 g/mol. The van der Waals surface area contributed by atoms with Crippen molar-refractivity contribution in [3.8, 4) is 11.5 Å². The number of nitrogens with zero attached hydrogens (tertiary/aromatic N) is 1. The maximum Gasteiger partial charge on any atom is 0.276 e. The van der Waals surface area contributed by atoms with Gasteiger partial charge in [0.1, 0.15) is 17.3 Å². The van der Waals surface area contributed by atoms with Gasteiger partial charge in [-0.15, -0.1) is 0 Å². The molecule has 0 saturated carbocycles. The fraction of sp³-hybridized carbons (Fsp3) is 0.200. The minimum atomic E-state index is -0.712. The van der Waals surface area contributed by atoms with Crippen LogP contribution in [0.15, 0.2) is 42.5 Å². The fourth-order valence-corrected chi connectivity index (χ4v) is 1.79. The van der Waals surface area contributed by atoms with Crippen LogP contribution in [0.25, 0.3) is 0 Å². The first-order valence-corrected chi connectivity index (χ1v) is 6.29. The van der Waals surface area contributed by atoms with Crippen molar-refractivity contribution in [3.63, 3.8) is 0 Å². The summed E-state index contributed by atoms with van der Waals surface area (Å²) in [6, 6.07) is 10.3. The van der Waals surface area contributed by atoms with E-state index in [0.29, 0.717) is 12.4 Å². The van der Waals surface area contributed by atoms with Crippen molar-refractivity contribution in [3.05, 3.63) is 64.0 Å². The van der Waals surface area contributed by atoms with E-state index in [0.717, 1.165) is 24.1 Å². The molecule has 0 aliphatic heterocycles. The van der Waals surface area contributed by atoms with Crippen LogP contribution in [0.4, 0.5) is 10.1 Å². The molecule has 0 unspecified atom stereocenters. The Morgan fingerprint density at radius 1 is 1.14 bits per heavy atom. The first-order valence-electron chi connectivity index (χ1n) is 6.29. The first-order chi connectivity index (χ1) is 10.1. The quantitative estimate of drug-likeness (QED) is 0.601. The van der Waals surface area contributed by atoms with E-state index < -0.39 is 10.7 Å². The highest BCUT2D eigenvalue weighted by atomic mass is 19.1. The average molecular weight is 291 g/mol. The zero-order valence-electron chi connectivity index (χ0n) is 11.4. The zero-order valence-corrected chi connectivity index (χ0v) is 11.4. The van der Waals surface area contributed by atoms with Gasteiger partial charge < -0.3 is 9.47 Å². The van der Waals surface area contributed by atoms with E-state index in [1.807, 2.05) is 12.1 Å². The summed E-state index contributed by atoms with van der Waals surface area (Å²) in [5, 5.41) is 10.7. The summed E-state index contributed by atoms with van der Waals surface area (Å²) in [6.07, 6.45) is 0.780. The van der Waals surface area contributed by atoms with Crippen LogP contribution in [0.3, 0.4) is 0 Å². The lowest BCUT2D eigenvalue weighted by Gasteiger charge is -2.07. The van der Waals surface area contributed by atoms with Crippen molar-refractivity contribution in [1.82, 2.24) is 0 Å². The molecule has 0 aromatic heterocycles. The van der Waals surface area contributed by atoms with Gasteiger partial charge in [0.2, 0.25) is 0 Å². The molecule has 0 saturated heterocycles. The molecule has 6 heteroatoms. The standard InChI is InChI=1S/C15H14FNO4/c1-20-7-6-11-2-4-14(5-3-11)21-15-9-12(16)8-13(10-15)17(18)19/h2-5,8-10H,6-7H2,1H3. The predicted molar refractivity (Wildman–Crippen MR) is 75.2 cm³/mol. The Kier molecular flexibility index (Phi) is 4.84. The summed E-state index contributed by atoms with van der Waals surface area (Å²) in [7, 11) is 1.63. The highest BCUT2D eigenvalue weighted by Crippen LogP contribution is 2.27. The number of non-ortho nitro benzene ring substituents is 1. The molecule has 0 spiro atoms. The van der Waals surface area contributed by atoms with Gasteiger partial charge in [-0.2, -0.15) is 0 Å². The van der Waals surface area contributed by atoms with Crippen molar-refractivity contribution >= 4 is 5.69 Å². The predicted octanol–water partition coefficient (Wildman–Crippen LogP) is 3.72. The van der Waals surface area contributed by atoms with Crippen LogP contribution in [0, 0.1) is 15.9 Å². The van der Waals surface area contributed by atoms with Gasteiger partial charge in [-0.25, -0.2) is 4.39 Å². The number of hydrogen-bond donors (Lipinski definition) is 0. The maximum atomic E-state index is 13.3. The molecule has 0 amide bonds. The Bertz CT molecular complexity index is 628. The molecule has 2 aromatic rings. The van der Waals surface area contributed by atoms with Crippen molar-refractivity contribution in [2.45, 2.75) is 6.42 Å². The zero-order chi connectivity index (χ0) is 15.2. The fourth-order valence-electron chi connectivity index (χ4n) is 1.79. The van der Waals surface area contributed by atoms with Gasteiger partial charge in [-0.3, -0.25) is 10.1 Å². The summed E-state index contributed by atoms with van der Waals surface area (Å²) in [6.45, 7) is 0.621.